The van der Waals surface area contributed by atoms with Crippen molar-refractivity contribution in [3.05, 3.63) is 58.4 Å². The lowest BCUT2D eigenvalue weighted by atomic mass is 9.96. The molecule has 6 nitrogen and oxygen atoms in total. The third-order valence-corrected chi connectivity index (χ3v) is 5.93. The summed E-state index contributed by atoms with van der Waals surface area (Å²) in [5, 5.41) is 3.84. The highest BCUT2D eigenvalue weighted by atomic mass is 35.5. The third-order valence-electron chi connectivity index (χ3n) is 5.70. The Labute approximate surface area is 185 Å². The van der Waals surface area contributed by atoms with Crippen molar-refractivity contribution >= 4 is 40.9 Å². The SMILES string of the molecule is Cl.O=C(NC1(c2nc3ccc(Cl)cc3[nH]2)CCOC1)c1cccc2c1OCCCC2. The van der Waals surface area contributed by atoms with Gasteiger partial charge in [0.2, 0.25) is 0 Å². The third kappa shape index (κ3) is 3.75. The number of carbonyl (C=O) groups excluding carboxylic acids is 1. The van der Waals surface area contributed by atoms with Crippen molar-refractivity contribution in [1.82, 2.24) is 15.3 Å². The van der Waals surface area contributed by atoms with Crippen LogP contribution in [-0.4, -0.2) is 35.7 Å². The standard InChI is InChI=1S/C22H22ClN3O3.ClH/c23-15-7-8-17-18(12-15)25-21(24-17)22(9-11-28-13-22)26-20(27)16-6-3-5-14-4-1-2-10-29-19(14)16;/h3,5-8,12H,1-2,4,9-11,13H2,(H,24,25)(H,26,27);1H. The lowest BCUT2D eigenvalue weighted by Crippen LogP contribution is -2.47. The number of aromatic amines is 1. The first kappa shape index (κ1) is 21.0. The number of hydrogen-bond donors (Lipinski definition) is 2. The summed E-state index contributed by atoms with van der Waals surface area (Å²) in [6.07, 6.45) is 3.63. The van der Waals surface area contributed by atoms with Gasteiger partial charge in [0, 0.05) is 18.1 Å². The molecule has 158 valence electrons. The number of halogens is 2. The average molecular weight is 448 g/mol. The van der Waals surface area contributed by atoms with Gasteiger partial charge in [-0.1, -0.05) is 23.7 Å². The summed E-state index contributed by atoms with van der Waals surface area (Å²) >= 11 is 6.11. The molecule has 3 heterocycles. The maximum atomic E-state index is 13.3. The van der Waals surface area contributed by atoms with Crippen molar-refractivity contribution in [2.75, 3.05) is 19.8 Å². The van der Waals surface area contributed by atoms with Crippen LogP contribution < -0.4 is 10.1 Å². The number of nitrogens with zero attached hydrogens (tertiary/aromatic N) is 1. The minimum absolute atomic E-state index is 0. The van der Waals surface area contributed by atoms with Gasteiger partial charge in [-0.25, -0.2) is 4.98 Å². The molecule has 8 heteroatoms. The molecule has 0 spiro atoms. The molecule has 30 heavy (non-hydrogen) atoms. The summed E-state index contributed by atoms with van der Waals surface area (Å²) in [5.41, 5.74) is 2.59. The molecule has 1 amide bonds. The Morgan fingerprint density at radius 2 is 2.10 bits per heavy atom. The molecule has 2 aromatic carbocycles. The molecule has 0 saturated carbocycles. The zero-order valence-electron chi connectivity index (χ0n) is 16.4. The first-order chi connectivity index (χ1) is 14.1. The minimum atomic E-state index is -0.712. The van der Waals surface area contributed by atoms with E-state index >= 15 is 0 Å². The van der Waals surface area contributed by atoms with Crippen molar-refractivity contribution in [2.24, 2.45) is 0 Å². The number of imidazole rings is 1. The van der Waals surface area contributed by atoms with Crippen LogP contribution in [0.25, 0.3) is 11.0 Å². The highest BCUT2D eigenvalue weighted by molar-refractivity contribution is 6.31. The number of para-hydroxylation sites is 1. The largest absolute Gasteiger partial charge is 0.492 e. The molecule has 1 unspecified atom stereocenters. The van der Waals surface area contributed by atoms with Crippen molar-refractivity contribution < 1.29 is 14.3 Å². The Morgan fingerprint density at radius 1 is 1.20 bits per heavy atom. The van der Waals surface area contributed by atoms with E-state index in [0.29, 0.717) is 48.4 Å². The van der Waals surface area contributed by atoms with Gasteiger partial charge in [0.25, 0.3) is 5.91 Å². The van der Waals surface area contributed by atoms with E-state index < -0.39 is 5.54 Å². The molecule has 1 saturated heterocycles. The van der Waals surface area contributed by atoms with Crippen molar-refractivity contribution in [1.29, 1.82) is 0 Å². The Balaban J connectivity index is 0.00000218. The smallest absolute Gasteiger partial charge is 0.255 e. The van der Waals surface area contributed by atoms with E-state index in [1.807, 2.05) is 36.4 Å². The van der Waals surface area contributed by atoms with E-state index in [9.17, 15) is 4.79 Å². The number of fused-ring (bicyclic) bond motifs is 2. The molecule has 1 aromatic heterocycles. The van der Waals surface area contributed by atoms with Crippen molar-refractivity contribution in [3.8, 4) is 5.75 Å². The molecule has 1 fully saturated rings. The van der Waals surface area contributed by atoms with Gasteiger partial charge in [0.1, 0.15) is 17.1 Å². The van der Waals surface area contributed by atoms with E-state index in [-0.39, 0.29) is 18.3 Å². The second-order valence-electron chi connectivity index (χ2n) is 7.69. The van der Waals surface area contributed by atoms with Crippen molar-refractivity contribution in [3.63, 3.8) is 0 Å². The first-order valence-corrected chi connectivity index (χ1v) is 10.3. The quantitative estimate of drug-likeness (QED) is 0.623. The van der Waals surface area contributed by atoms with Crippen LogP contribution >= 0.6 is 24.0 Å². The normalized spacial score (nSPS) is 20.7. The highest BCUT2D eigenvalue weighted by Crippen LogP contribution is 2.33. The number of hydrogen-bond acceptors (Lipinski definition) is 4. The monoisotopic (exact) mass is 447 g/mol. The fraction of sp³-hybridized carbons (Fsp3) is 0.364. The molecule has 3 aromatic rings. The average Bonchev–Trinajstić information content (AvgIpc) is 3.28. The van der Waals surface area contributed by atoms with Crippen LogP contribution in [0.4, 0.5) is 0 Å². The van der Waals surface area contributed by atoms with Crippen LogP contribution in [0.1, 0.15) is 41.0 Å². The number of rotatable bonds is 3. The number of nitrogens with one attached hydrogen (secondary N) is 2. The minimum Gasteiger partial charge on any atom is -0.492 e. The van der Waals surface area contributed by atoms with Gasteiger partial charge in [-0.3, -0.25) is 4.79 Å². The maximum Gasteiger partial charge on any atom is 0.255 e. The molecule has 0 bridgehead atoms. The zero-order chi connectivity index (χ0) is 19.8. The summed E-state index contributed by atoms with van der Waals surface area (Å²) in [6, 6.07) is 11.3. The first-order valence-electron chi connectivity index (χ1n) is 9.95. The molecule has 1 atom stereocenters. The van der Waals surface area contributed by atoms with Gasteiger partial charge in [-0.2, -0.15) is 0 Å². The van der Waals surface area contributed by atoms with Crippen LogP contribution in [0, 0.1) is 0 Å². The van der Waals surface area contributed by atoms with Gasteiger partial charge in [-0.15, -0.1) is 12.4 Å². The lowest BCUT2D eigenvalue weighted by molar-refractivity contribution is 0.0865. The summed E-state index contributed by atoms with van der Waals surface area (Å²) in [7, 11) is 0. The Kier molecular flexibility index (Phi) is 5.91. The van der Waals surface area contributed by atoms with E-state index in [1.54, 1.807) is 0 Å². The number of ether oxygens (including phenoxy) is 2. The van der Waals surface area contributed by atoms with Gasteiger partial charge >= 0.3 is 0 Å². The molecule has 2 aliphatic heterocycles. The van der Waals surface area contributed by atoms with E-state index in [0.717, 1.165) is 35.9 Å². The van der Waals surface area contributed by atoms with Gasteiger partial charge < -0.3 is 19.8 Å². The van der Waals surface area contributed by atoms with Crippen LogP contribution in [0.5, 0.6) is 5.75 Å². The zero-order valence-corrected chi connectivity index (χ0v) is 17.9. The number of benzene rings is 2. The molecular weight excluding hydrogens is 425 g/mol. The van der Waals surface area contributed by atoms with E-state index in [4.69, 9.17) is 26.1 Å². The second-order valence-corrected chi connectivity index (χ2v) is 8.12. The topological polar surface area (TPSA) is 76.2 Å². The highest BCUT2D eigenvalue weighted by Gasteiger charge is 2.41. The van der Waals surface area contributed by atoms with Crippen LogP contribution in [0.2, 0.25) is 5.02 Å². The second kappa shape index (κ2) is 8.46. The summed E-state index contributed by atoms with van der Waals surface area (Å²) in [5.74, 6) is 1.21. The van der Waals surface area contributed by atoms with Crippen LogP contribution in [0.15, 0.2) is 36.4 Å². The number of H-pyrrole nitrogens is 1. The van der Waals surface area contributed by atoms with Gasteiger partial charge in [0.15, 0.2) is 0 Å². The molecule has 5 rings (SSSR count). The lowest BCUT2D eigenvalue weighted by Gasteiger charge is -2.27. The molecule has 0 radical (unpaired) electrons. The van der Waals surface area contributed by atoms with Gasteiger partial charge in [-0.05, 0) is 49.1 Å². The predicted molar refractivity (Wildman–Crippen MR) is 118 cm³/mol. The predicted octanol–water partition coefficient (Wildman–Crippen LogP) is 4.40. The van der Waals surface area contributed by atoms with Crippen molar-refractivity contribution in [2.45, 2.75) is 31.2 Å². The Morgan fingerprint density at radius 3 is 2.93 bits per heavy atom. The number of aryl methyl sites for hydroxylation is 1. The maximum absolute atomic E-state index is 13.3. The van der Waals surface area contributed by atoms with E-state index in [2.05, 4.69) is 10.3 Å². The summed E-state index contributed by atoms with van der Waals surface area (Å²) in [4.78, 5) is 21.4. The molecule has 0 aliphatic carbocycles. The Hall–Kier alpha value is -2.28. The molecule has 2 aliphatic rings. The number of carbonyl (C=O) groups is 1. The van der Waals surface area contributed by atoms with Crippen LogP contribution in [-0.2, 0) is 16.7 Å². The Bertz CT molecular complexity index is 1080. The fourth-order valence-corrected chi connectivity index (χ4v) is 4.30. The summed E-state index contributed by atoms with van der Waals surface area (Å²) < 4.78 is 11.6. The number of aromatic nitrogens is 2. The van der Waals surface area contributed by atoms with Crippen LogP contribution in [0.3, 0.4) is 0 Å². The number of amides is 1. The molecule has 2 N–H and O–H groups in total. The summed E-state index contributed by atoms with van der Waals surface area (Å²) in [6.45, 7) is 1.56. The van der Waals surface area contributed by atoms with Gasteiger partial charge in [0.05, 0.1) is 29.8 Å². The van der Waals surface area contributed by atoms with E-state index in [1.165, 1.54) is 0 Å². The fourth-order valence-electron chi connectivity index (χ4n) is 4.13. The molecular formula is C22H23Cl2N3O3.